The summed E-state index contributed by atoms with van der Waals surface area (Å²) in [6, 6.07) is 67.1. The van der Waals surface area contributed by atoms with Gasteiger partial charge in [0, 0.05) is 61.9 Å². The molecule has 1 N–H and O–H groups in total. The molecule has 9 aromatic carbocycles. The molecule has 11 aromatic rings. The van der Waals surface area contributed by atoms with Crippen LogP contribution in [0.1, 0.15) is 41.7 Å². The topological polar surface area (TPSA) is 46.1 Å². The minimum absolute atomic E-state index is 0.133. The fraction of sp³-hybridized carbons (Fsp3) is 0.0526. The van der Waals surface area contributed by atoms with Crippen LogP contribution in [-0.4, -0.2) is 21.1 Å². The number of nitrogens with zero attached hydrogens (tertiary/aromatic N) is 3. The predicted molar refractivity (Wildman–Crippen MR) is 256 cm³/mol. The fourth-order valence-electron chi connectivity index (χ4n) is 10.1. The Balaban J connectivity index is 0.962. The Hall–Kier alpha value is -7.82. The highest BCUT2D eigenvalue weighted by atomic mass is 15.0. The average Bonchev–Trinajstić information content (AvgIpc) is 3.96. The van der Waals surface area contributed by atoms with Crippen LogP contribution in [0.2, 0.25) is 0 Å². The van der Waals surface area contributed by atoms with Crippen LogP contribution >= 0.6 is 0 Å². The Morgan fingerprint density at radius 3 is 2.03 bits per heavy atom. The Morgan fingerprint density at radius 1 is 0.541 bits per heavy atom. The molecule has 0 bridgehead atoms. The van der Waals surface area contributed by atoms with Gasteiger partial charge in [-0.15, -0.1) is 0 Å². The number of benzene rings is 9. The molecule has 4 nitrogen and oxygen atoms in total. The van der Waals surface area contributed by atoms with Gasteiger partial charge in [-0.25, -0.2) is 0 Å². The van der Waals surface area contributed by atoms with E-state index < -0.39 is 0 Å². The number of para-hydroxylation sites is 2. The van der Waals surface area contributed by atoms with Crippen molar-refractivity contribution in [2.45, 2.75) is 19.3 Å². The van der Waals surface area contributed by atoms with E-state index in [1.54, 1.807) is 0 Å². The van der Waals surface area contributed by atoms with E-state index in [0.29, 0.717) is 5.71 Å². The lowest BCUT2D eigenvalue weighted by molar-refractivity contribution is 0.660. The Labute approximate surface area is 353 Å². The van der Waals surface area contributed by atoms with Gasteiger partial charge >= 0.3 is 0 Å². The number of aromatic nitrogens is 2. The lowest BCUT2D eigenvalue weighted by Gasteiger charge is -2.22. The number of hydrogen-bond acceptors (Lipinski definition) is 2. The molecule has 0 unspecified atom stereocenters. The first-order valence-electron chi connectivity index (χ1n) is 21.0. The van der Waals surface area contributed by atoms with E-state index in [-0.39, 0.29) is 5.41 Å². The van der Waals surface area contributed by atoms with Crippen molar-refractivity contribution in [1.29, 1.82) is 5.41 Å². The largest absolute Gasteiger partial charge is 0.316 e. The van der Waals surface area contributed by atoms with Crippen LogP contribution in [0.15, 0.2) is 199 Å². The number of hydrogen-bond donors (Lipinski definition) is 1. The van der Waals surface area contributed by atoms with Gasteiger partial charge in [0.25, 0.3) is 0 Å². The molecule has 2 aromatic heterocycles. The molecule has 1 aliphatic carbocycles. The second-order valence-corrected chi connectivity index (χ2v) is 16.8. The molecule has 0 saturated heterocycles. The summed E-state index contributed by atoms with van der Waals surface area (Å²) in [5.41, 5.74) is 14.7. The van der Waals surface area contributed by atoms with Gasteiger partial charge in [0.2, 0.25) is 0 Å². The van der Waals surface area contributed by atoms with Crippen LogP contribution in [0.4, 0.5) is 5.69 Å². The molecule has 0 saturated carbocycles. The number of fused-ring (bicyclic) bond motifs is 12. The second-order valence-electron chi connectivity index (χ2n) is 16.8. The molecule has 61 heavy (non-hydrogen) atoms. The van der Waals surface area contributed by atoms with E-state index in [1.807, 2.05) is 30.5 Å². The van der Waals surface area contributed by atoms with Gasteiger partial charge in [-0.1, -0.05) is 147 Å². The summed E-state index contributed by atoms with van der Waals surface area (Å²) in [6.45, 7) is 4.56. The van der Waals surface area contributed by atoms with Gasteiger partial charge in [0.05, 0.1) is 27.9 Å². The van der Waals surface area contributed by atoms with Crippen molar-refractivity contribution in [3.05, 3.63) is 222 Å². The van der Waals surface area contributed by atoms with Crippen molar-refractivity contribution < 1.29 is 0 Å². The fourth-order valence-corrected chi connectivity index (χ4v) is 10.1. The van der Waals surface area contributed by atoms with E-state index in [1.165, 1.54) is 65.5 Å². The maximum atomic E-state index is 9.42. The molecule has 12 rings (SSSR count). The van der Waals surface area contributed by atoms with Crippen molar-refractivity contribution in [2.24, 2.45) is 4.99 Å². The highest BCUT2D eigenvalue weighted by molar-refractivity contribution is 6.33. The van der Waals surface area contributed by atoms with Crippen molar-refractivity contribution in [3.8, 4) is 22.5 Å². The molecule has 4 heteroatoms. The normalized spacial score (nSPS) is 13.2. The van der Waals surface area contributed by atoms with E-state index in [9.17, 15) is 5.41 Å². The smallest absolute Gasteiger partial charge is 0.0723 e. The number of nitrogens with one attached hydrogen (secondary N) is 1. The molecular formula is C57H40N4. The zero-order valence-corrected chi connectivity index (χ0v) is 33.9. The molecule has 0 amide bonds. The van der Waals surface area contributed by atoms with Crippen molar-refractivity contribution in [3.63, 3.8) is 0 Å². The first kappa shape index (κ1) is 35.2. The summed E-state index contributed by atoms with van der Waals surface area (Å²) in [4.78, 5) is 5.02. The van der Waals surface area contributed by atoms with Gasteiger partial charge in [-0.05, 0) is 98.6 Å². The zero-order chi connectivity index (χ0) is 40.8. The third-order valence-corrected chi connectivity index (χ3v) is 13.0. The standard InChI is InChI=1S/C57H40N4/c1-57(2)49-22-12-10-18-43(49)44-29-26-38(33-50(44)57)55(58)47-21-11-13-23-51(47)59-35-36-24-27-40(28-25-36)61-53-34-52-37(30-31-60(52)39-14-4-3-5-15-39)32-48(53)54-45-19-8-6-16-41(45)42-17-7-9-20-46(42)56(54)61/h3-35,58H,1-2H3/b58-55?,59-35+. The van der Waals surface area contributed by atoms with Gasteiger partial charge in [-0.3, -0.25) is 10.4 Å². The summed E-state index contributed by atoms with van der Waals surface area (Å²) < 4.78 is 4.74. The molecule has 0 aliphatic heterocycles. The molecule has 0 fully saturated rings. The molecule has 0 radical (unpaired) electrons. The predicted octanol–water partition coefficient (Wildman–Crippen LogP) is 14.5. The summed E-state index contributed by atoms with van der Waals surface area (Å²) in [5.74, 6) is 0. The highest BCUT2D eigenvalue weighted by Crippen LogP contribution is 2.49. The van der Waals surface area contributed by atoms with E-state index in [0.717, 1.165) is 44.8 Å². The number of aliphatic imine (C=N–C) groups is 1. The van der Waals surface area contributed by atoms with Crippen LogP contribution in [0.25, 0.3) is 76.8 Å². The van der Waals surface area contributed by atoms with Crippen LogP contribution in [0.3, 0.4) is 0 Å². The quantitative estimate of drug-likeness (QED) is 0.129. The first-order chi connectivity index (χ1) is 29.9. The maximum absolute atomic E-state index is 9.42. The number of rotatable bonds is 6. The Morgan fingerprint density at radius 2 is 1.21 bits per heavy atom. The van der Waals surface area contributed by atoms with Crippen LogP contribution in [0.5, 0.6) is 0 Å². The van der Waals surface area contributed by atoms with Gasteiger partial charge in [0.1, 0.15) is 0 Å². The summed E-state index contributed by atoms with van der Waals surface area (Å²) in [5, 5.41) is 18.1. The van der Waals surface area contributed by atoms with E-state index in [2.05, 4.69) is 193 Å². The van der Waals surface area contributed by atoms with Crippen molar-refractivity contribution in [2.75, 3.05) is 0 Å². The first-order valence-corrected chi connectivity index (χ1v) is 21.0. The Bertz CT molecular complexity index is 3620. The SMILES string of the molecule is CC1(C)c2ccccc2-c2ccc(C(=N)c3ccccc3/N=C/c3ccc(-n4c5cc6c(ccn6-c6ccccc6)cc5c5c6ccccc6c6ccccc6c54)cc3)cc21. The molecular weight excluding hydrogens is 741 g/mol. The Kier molecular flexibility index (Phi) is 7.69. The minimum Gasteiger partial charge on any atom is -0.316 e. The molecule has 288 valence electrons. The van der Waals surface area contributed by atoms with E-state index >= 15 is 0 Å². The summed E-state index contributed by atoms with van der Waals surface area (Å²) in [7, 11) is 0. The zero-order valence-electron chi connectivity index (χ0n) is 33.9. The average molecular weight is 781 g/mol. The lowest BCUT2D eigenvalue weighted by atomic mass is 9.81. The highest BCUT2D eigenvalue weighted by Gasteiger charge is 2.35. The second kappa shape index (κ2) is 13.4. The molecule has 1 aliphatic rings. The third-order valence-electron chi connectivity index (χ3n) is 13.0. The molecule has 2 heterocycles. The molecule has 0 spiro atoms. The van der Waals surface area contributed by atoms with Gasteiger partial charge in [-0.2, -0.15) is 0 Å². The third kappa shape index (κ3) is 5.32. The minimum atomic E-state index is -0.133. The van der Waals surface area contributed by atoms with Gasteiger partial charge in [0.15, 0.2) is 0 Å². The maximum Gasteiger partial charge on any atom is 0.0723 e. The summed E-state index contributed by atoms with van der Waals surface area (Å²) in [6.07, 6.45) is 4.10. The van der Waals surface area contributed by atoms with Crippen molar-refractivity contribution >= 4 is 71.9 Å². The van der Waals surface area contributed by atoms with Crippen LogP contribution in [0, 0.1) is 5.41 Å². The van der Waals surface area contributed by atoms with Crippen molar-refractivity contribution in [1.82, 2.24) is 9.13 Å². The van der Waals surface area contributed by atoms with Gasteiger partial charge < -0.3 is 9.13 Å². The van der Waals surface area contributed by atoms with E-state index in [4.69, 9.17) is 4.99 Å². The van der Waals surface area contributed by atoms with Crippen LogP contribution in [-0.2, 0) is 5.41 Å². The lowest BCUT2D eigenvalue weighted by Crippen LogP contribution is -2.15. The summed E-state index contributed by atoms with van der Waals surface area (Å²) >= 11 is 0. The molecule has 0 atom stereocenters. The monoisotopic (exact) mass is 780 g/mol. The van der Waals surface area contributed by atoms with Crippen LogP contribution < -0.4 is 0 Å².